The van der Waals surface area contributed by atoms with E-state index in [1.54, 1.807) is 12.1 Å². The molecule has 0 aromatic heterocycles. The molecule has 0 spiro atoms. The van der Waals surface area contributed by atoms with E-state index in [0.717, 1.165) is 0 Å². The topological polar surface area (TPSA) is 126 Å². The zero-order valence-corrected chi connectivity index (χ0v) is 18.5. The van der Waals surface area contributed by atoms with Crippen LogP contribution in [0.3, 0.4) is 0 Å². The van der Waals surface area contributed by atoms with Gasteiger partial charge in [-0.2, -0.15) is 0 Å². The number of hydrogen-bond acceptors (Lipinski definition) is 6. The zero-order chi connectivity index (χ0) is 22.3. The Morgan fingerprint density at radius 2 is 1.83 bits per heavy atom. The molecule has 1 aromatic rings. The Hall–Kier alpha value is -2.53. The van der Waals surface area contributed by atoms with E-state index in [1.165, 1.54) is 23.7 Å². The first kappa shape index (κ1) is 23.7. The summed E-state index contributed by atoms with van der Waals surface area (Å²) >= 11 is 0. The first-order chi connectivity index (χ1) is 14.1. The van der Waals surface area contributed by atoms with Crippen molar-refractivity contribution in [3.63, 3.8) is 0 Å². The predicted octanol–water partition coefficient (Wildman–Crippen LogP) is 1.10. The number of urea groups is 1. The maximum Gasteiger partial charge on any atom is 0.333 e. The molecule has 0 saturated carbocycles. The molecule has 3 amide bonds. The maximum atomic E-state index is 12.3. The van der Waals surface area contributed by atoms with Crippen molar-refractivity contribution < 1.29 is 27.5 Å². The third kappa shape index (κ3) is 7.06. The van der Waals surface area contributed by atoms with Gasteiger partial charge in [-0.25, -0.2) is 22.9 Å². The normalized spacial score (nSPS) is 15.5. The molecular weight excluding hydrogens is 412 g/mol. The Labute approximate surface area is 177 Å². The van der Waals surface area contributed by atoms with E-state index in [0.29, 0.717) is 49.5 Å². The summed E-state index contributed by atoms with van der Waals surface area (Å²) in [5, 5.41) is 2.69. The fourth-order valence-electron chi connectivity index (χ4n) is 3.07. The van der Waals surface area contributed by atoms with Crippen LogP contribution in [0.15, 0.2) is 18.2 Å². The molecule has 10 nitrogen and oxygen atoms in total. The molecule has 1 aliphatic rings. The van der Waals surface area contributed by atoms with Crippen molar-refractivity contribution in [1.29, 1.82) is 0 Å². The standard InChI is InChI=1S/C19H30N4O6S/c1-13(2)29-16-6-5-15(11-17(16)28-3)18(24)21-22-19(25)20-12-14-7-9-23(10-8-14)30(4,26)27/h5-6,11,13-14H,7-10,12H2,1-4H3,(H,21,24)(H2,20,22,25). The highest BCUT2D eigenvalue weighted by Gasteiger charge is 2.25. The lowest BCUT2D eigenvalue weighted by molar-refractivity contribution is 0.0935. The Balaban J connectivity index is 1.77. The van der Waals surface area contributed by atoms with Gasteiger partial charge in [0, 0.05) is 25.2 Å². The Morgan fingerprint density at radius 1 is 1.17 bits per heavy atom. The molecule has 1 aromatic carbocycles. The Morgan fingerprint density at radius 3 is 2.40 bits per heavy atom. The second-order valence-electron chi connectivity index (χ2n) is 7.43. The monoisotopic (exact) mass is 442 g/mol. The quantitative estimate of drug-likeness (QED) is 0.543. The predicted molar refractivity (Wildman–Crippen MR) is 112 cm³/mol. The van der Waals surface area contributed by atoms with Gasteiger partial charge >= 0.3 is 6.03 Å². The molecule has 1 aliphatic heterocycles. The summed E-state index contributed by atoms with van der Waals surface area (Å²) in [7, 11) is -1.69. The maximum absolute atomic E-state index is 12.3. The smallest absolute Gasteiger partial charge is 0.333 e. The van der Waals surface area contributed by atoms with Crippen molar-refractivity contribution in [2.24, 2.45) is 5.92 Å². The molecule has 3 N–H and O–H groups in total. The minimum atomic E-state index is -3.17. The van der Waals surface area contributed by atoms with Crippen LogP contribution < -0.4 is 25.6 Å². The lowest BCUT2D eigenvalue weighted by Gasteiger charge is -2.30. The Kier molecular flexibility index (Phi) is 8.30. The van der Waals surface area contributed by atoms with Gasteiger partial charge in [0.05, 0.1) is 19.5 Å². The number of piperidine rings is 1. The van der Waals surface area contributed by atoms with E-state index in [4.69, 9.17) is 9.47 Å². The summed E-state index contributed by atoms with van der Waals surface area (Å²) in [5.41, 5.74) is 4.95. The van der Waals surface area contributed by atoms with Crippen molar-refractivity contribution in [3.8, 4) is 11.5 Å². The summed E-state index contributed by atoms with van der Waals surface area (Å²) in [6, 6.07) is 4.20. The van der Waals surface area contributed by atoms with Crippen LogP contribution in [0.2, 0.25) is 0 Å². The number of rotatable bonds is 7. The van der Waals surface area contributed by atoms with Crippen LogP contribution in [-0.4, -0.2) is 63.8 Å². The van der Waals surface area contributed by atoms with Crippen LogP contribution in [0.1, 0.15) is 37.0 Å². The van der Waals surface area contributed by atoms with Crippen molar-refractivity contribution in [2.75, 3.05) is 33.0 Å². The molecule has 0 atom stereocenters. The minimum absolute atomic E-state index is 0.0393. The van der Waals surface area contributed by atoms with Gasteiger partial charge in [0.1, 0.15) is 0 Å². The fraction of sp³-hybridized carbons (Fsp3) is 0.579. The molecule has 0 unspecified atom stereocenters. The summed E-state index contributed by atoms with van der Waals surface area (Å²) < 4.78 is 35.3. The summed E-state index contributed by atoms with van der Waals surface area (Å²) in [4.78, 5) is 24.2. The second kappa shape index (κ2) is 10.5. The third-order valence-corrected chi connectivity index (χ3v) is 5.98. The molecule has 1 heterocycles. The highest BCUT2D eigenvalue weighted by atomic mass is 32.2. The molecule has 30 heavy (non-hydrogen) atoms. The SMILES string of the molecule is COc1cc(C(=O)NNC(=O)NCC2CCN(S(C)(=O)=O)CC2)ccc1OC(C)C. The van der Waals surface area contributed by atoms with E-state index >= 15 is 0 Å². The van der Waals surface area contributed by atoms with E-state index in [1.807, 2.05) is 13.8 Å². The van der Waals surface area contributed by atoms with Gasteiger partial charge in [-0.05, 0) is 50.8 Å². The molecule has 1 fully saturated rings. The van der Waals surface area contributed by atoms with Gasteiger partial charge in [0.25, 0.3) is 5.91 Å². The van der Waals surface area contributed by atoms with E-state index < -0.39 is 22.0 Å². The third-order valence-electron chi connectivity index (χ3n) is 4.67. The van der Waals surface area contributed by atoms with E-state index in [2.05, 4.69) is 16.2 Å². The van der Waals surface area contributed by atoms with Gasteiger partial charge in [0.2, 0.25) is 10.0 Å². The van der Waals surface area contributed by atoms with Crippen molar-refractivity contribution >= 4 is 22.0 Å². The van der Waals surface area contributed by atoms with Gasteiger partial charge < -0.3 is 14.8 Å². The first-order valence-electron chi connectivity index (χ1n) is 9.74. The number of amides is 3. The Bertz CT molecular complexity index is 851. The van der Waals surface area contributed by atoms with Crippen LogP contribution >= 0.6 is 0 Å². The number of benzene rings is 1. The number of methoxy groups -OCH3 is 1. The summed E-state index contributed by atoms with van der Waals surface area (Å²) in [5.74, 6) is 0.626. The second-order valence-corrected chi connectivity index (χ2v) is 9.41. The molecule has 0 radical (unpaired) electrons. The van der Waals surface area contributed by atoms with Crippen LogP contribution in [-0.2, 0) is 10.0 Å². The average Bonchev–Trinajstić information content (AvgIpc) is 2.70. The van der Waals surface area contributed by atoms with Crippen LogP contribution in [0, 0.1) is 5.92 Å². The number of ether oxygens (including phenoxy) is 2. The lowest BCUT2D eigenvalue weighted by Crippen LogP contribution is -2.49. The number of hydrogen-bond donors (Lipinski definition) is 3. The lowest BCUT2D eigenvalue weighted by atomic mass is 9.98. The van der Waals surface area contributed by atoms with Crippen LogP contribution in [0.5, 0.6) is 11.5 Å². The molecule has 1 saturated heterocycles. The van der Waals surface area contributed by atoms with E-state index in [-0.39, 0.29) is 12.0 Å². The zero-order valence-electron chi connectivity index (χ0n) is 17.7. The first-order valence-corrected chi connectivity index (χ1v) is 11.6. The van der Waals surface area contributed by atoms with Gasteiger partial charge in [-0.3, -0.25) is 10.2 Å². The number of hydrazine groups is 1. The average molecular weight is 443 g/mol. The minimum Gasteiger partial charge on any atom is -0.493 e. The number of nitrogens with zero attached hydrogens (tertiary/aromatic N) is 1. The number of carbonyl (C=O) groups is 2. The highest BCUT2D eigenvalue weighted by molar-refractivity contribution is 7.88. The highest BCUT2D eigenvalue weighted by Crippen LogP contribution is 2.28. The van der Waals surface area contributed by atoms with Gasteiger partial charge in [-0.1, -0.05) is 0 Å². The number of nitrogens with one attached hydrogen (secondary N) is 3. The largest absolute Gasteiger partial charge is 0.493 e. The summed E-state index contributed by atoms with van der Waals surface area (Å²) in [6.07, 6.45) is 2.50. The molecule has 0 bridgehead atoms. The fourth-order valence-corrected chi connectivity index (χ4v) is 3.95. The molecular formula is C19H30N4O6S. The number of sulfonamides is 1. The van der Waals surface area contributed by atoms with Crippen LogP contribution in [0.25, 0.3) is 0 Å². The van der Waals surface area contributed by atoms with Crippen molar-refractivity contribution in [2.45, 2.75) is 32.8 Å². The van der Waals surface area contributed by atoms with Crippen molar-refractivity contribution in [1.82, 2.24) is 20.5 Å². The molecule has 168 valence electrons. The van der Waals surface area contributed by atoms with Gasteiger partial charge in [-0.15, -0.1) is 0 Å². The van der Waals surface area contributed by atoms with Gasteiger partial charge in [0.15, 0.2) is 11.5 Å². The number of carbonyl (C=O) groups excluding carboxylic acids is 2. The molecule has 0 aliphatic carbocycles. The van der Waals surface area contributed by atoms with Crippen molar-refractivity contribution in [3.05, 3.63) is 23.8 Å². The van der Waals surface area contributed by atoms with E-state index in [9.17, 15) is 18.0 Å². The molecule has 2 rings (SSSR count). The van der Waals surface area contributed by atoms with Crippen LogP contribution in [0.4, 0.5) is 4.79 Å². The molecule has 11 heteroatoms. The summed E-state index contributed by atoms with van der Waals surface area (Å²) in [6.45, 7) is 5.06.